The second kappa shape index (κ2) is 6.52. The van der Waals surface area contributed by atoms with Gasteiger partial charge in [-0.1, -0.05) is 34.1 Å². The number of rotatable bonds is 5. The van der Waals surface area contributed by atoms with E-state index in [1.54, 1.807) is 0 Å². The summed E-state index contributed by atoms with van der Waals surface area (Å²) in [7, 11) is 0. The predicted molar refractivity (Wildman–Crippen MR) is 68.0 cm³/mol. The molecule has 1 saturated carbocycles. The van der Waals surface area contributed by atoms with Crippen LogP contribution in [-0.2, 0) is 0 Å². The molecule has 0 heterocycles. The zero-order chi connectivity index (χ0) is 11.3. The van der Waals surface area contributed by atoms with E-state index in [1.807, 2.05) is 0 Å². The van der Waals surface area contributed by atoms with Gasteiger partial charge in [0.2, 0.25) is 0 Å². The van der Waals surface area contributed by atoms with Crippen LogP contribution in [0.3, 0.4) is 0 Å². The molecule has 0 radical (unpaired) electrons. The monoisotopic (exact) mass is 211 g/mol. The zero-order valence-corrected chi connectivity index (χ0v) is 11.1. The van der Waals surface area contributed by atoms with Crippen molar-refractivity contribution in [2.24, 2.45) is 17.8 Å². The first kappa shape index (κ1) is 13.0. The van der Waals surface area contributed by atoms with Gasteiger partial charge in [0.25, 0.3) is 0 Å². The highest BCUT2D eigenvalue weighted by atomic mass is 14.9. The molecule has 0 aliphatic heterocycles. The third-order valence-corrected chi connectivity index (χ3v) is 3.83. The average Bonchev–Trinajstić information content (AvgIpc) is 2.18. The van der Waals surface area contributed by atoms with Gasteiger partial charge in [-0.3, -0.25) is 0 Å². The van der Waals surface area contributed by atoms with Crippen LogP contribution in [0.5, 0.6) is 0 Å². The summed E-state index contributed by atoms with van der Waals surface area (Å²) in [6.07, 6.45) is 7.11. The molecule has 0 amide bonds. The Balaban J connectivity index is 2.39. The topological polar surface area (TPSA) is 12.0 Å². The number of nitrogens with one attached hydrogen (secondary N) is 1. The molecule has 3 atom stereocenters. The van der Waals surface area contributed by atoms with Crippen molar-refractivity contribution in [3.05, 3.63) is 0 Å². The fraction of sp³-hybridized carbons (Fsp3) is 1.00. The third kappa shape index (κ3) is 4.55. The van der Waals surface area contributed by atoms with Crippen molar-refractivity contribution in [3.63, 3.8) is 0 Å². The Morgan fingerprint density at radius 3 is 2.60 bits per heavy atom. The first-order chi connectivity index (χ1) is 7.13. The van der Waals surface area contributed by atoms with Crippen LogP contribution in [0.15, 0.2) is 0 Å². The molecule has 1 aliphatic rings. The third-order valence-electron chi connectivity index (χ3n) is 3.83. The highest BCUT2D eigenvalue weighted by molar-refractivity contribution is 4.83. The Morgan fingerprint density at radius 2 is 2.00 bits per heavy atom. The van der Waals surface area contributed by atoms with Gasteiger partial charge >= 0.3 is 0 Å². The summed E-state index contributed by atoms with van der Waals surface area (Å²) in [6.45, 7) is 10.5. The Labute approximate surface area is 96.0 Å². The highest BCUT2D eigenvalue weighted by Crippen LogP contribution is 2.32. The van der Waals surface area contributed by atoms with Gasteiger partial charge in [0.1, 0.15) is 0 Å². The molecule has 1 N–H and O–H groups in total. The van der Waals surface area contributed by atoms with Crippen LogP contribution in [0.2, 0.25) is 0 Å². The second-order valence-corrected chi connectivity index (χ2v) is 5.81. The van der Waals surface area contributed by atoms with E-state index in [0.29, 0.717) is 0 Å². The minimum Gasteiger partial charge on any atom is -0.314 e. The minimum absolute atomic E-state index is 0.810. The molecule has 1 nitrogen and oxygen atoms in total. The maximum Gasteiger partial charge on any atom is 0.00954 e. The highest BCUT2D eigenvalue weighted by Gasteiger charge is 2.27. The summed E-state index contributed by atoms with van der Waals surface area (Å²) < 4.78 is 0. The van der Waals surface area contributed by atoms with Gasteiger partial charge in [0.05, 0.1) is 0 Å². The molecule has 0 spiro atoms. The van der Waals surface area contributed by atoms with Gasteiger partial charge in [0, 0.05) is 6.04 Å². The molecular weight excluding hydrogens is 182 g/mol. The lowest BCUT2D eigenvalue weighted by Crippen LogP contribution is -2.40. The van der Waals surface area contributed by atoms with Crippen molar-refractivity contribution < 1.29 is 0 Å². The van der Waals surface area contributed by atoms with Gasteiger partial charge in [-0.25, -0.2) is 0 Å². The van der Waals surface area contributed by atoms with Gasteiger partial charge in [-0.05, 0) is 50.0 Å². The van der Waals surface area contributed by atoms with Crippen molar-refractivity contribution in [1.29, 1.82) is 0 Å². The van der Waals surface area contributed by atoms with Crippen molar-refractivity contribution >= 4 is 0 Å². The predicted octanol–water partition coefficient (Wildman–Crippen LogP) is 3.84. The van der Waals surface area contributed by atoms with E-state index in [0.717, 1.165) is 30.3 Å². The van der Waals surface area contributed by atoms with E-state index >= 15 is 0 Å². The number of hydrogen-bond acceptors (Lipinski definition) is 1. The van der Waals surface area contributed by atoms with E-state index < -0.39 is 0 Å². The maximum atomic E-state index is 3.68. The van der Waals surface area contributed by atoms with Crippen LogP contribution in [0.1, 0.15) is 59.8 Å². The van der Waals surface area contributed by atoms with Crippen molar-refractivity contribution in [1.82, 2.24) is 5.32 Å². The van der Waals surface area contributed by atoms with Crippen molar-refractivity contribution in [2.45, 2.75) is 65.8 Å². The lowest BCUT2D eigenvalue weighted by molar-refractivity contribution is 0.196. The zero-order valence-electron chi connectivity index (χ0n) is 11.1. The van der Waals surface area contributed by atoms with Gasteiger partial charge in [-0.15, -0.1) is 0 Å². The molecule has 0 saturated heterocycles. The van der Waals surface area contributed by atoms with Crippen LogP contribution in [0.25, 0.3) is 0 Å². The fourth-order valence-corrected chi connectivity index (χ4v) is 2.90. The van der Waals surface area contributed by atoms with Crippen LogP contribution in [0, 0.1) is 17.8 Å². The van der Waals surface area contributed by atoms with Crippen LogP contribution >= 0.6 is 0 Å². The lowest BCUT2D eigenvalue weighted by Gasteiger charge is -2.36. The standard InChI is InChI=1S/C14H29N/c1-5-15-14-9-7-12(4)10-13(14)8-6-11(2)3/h11-15H,5-10H2,1-4H3. The Kier molecular flexibility index (Phi) is 5.66. The van der Waals surface area contributed by atoms with E-state index in [-0.39, 0.29) is 0 Å². The van der Waals surface area contributed by atoms with Crippen LogP contribution in [-0.4, -0.2) is 12.6 Å². The molecule has 15 heavy (non-hydrogen) atoms. The molecule has 3 unspecified atom stereocenters. The van der Waals surface area contributed by atoms with Crippen molar-refractivity contribution in [2.75, 3.05) is 6.54 Å². The van der Waals surface area contributed by atoms with Gasteiger partial charge in [-0.2, -0.15) is 0 Å². The Bertz CT molecular complexity index is 165. The van der Waals surface area contributed by atoms with Crippen molar-refractivity contribution in [3.8, 4) is 0 Å². The molecule has 0 aromatic rings. The van der Waals surface area contributed by atoms with E-state index in [9.17, 15) is 0 Å². The molecule has 0 aromatic carbocycles. The fourth-order valence-electron chi connectivity index (χ4n) is 2.90. The Hall–Kier alpha value is -0.0400. The number of hydrogen-bond donors (Lipinski definition) is 1. The second-order valence-electron chi connectivity index (χ2n) is 5.81. The van der Waals surface area contributed by atoms with E-state index in [4.69, 9.17) is 0 Å². The lowest BCUT2D eigenvalue weighted by atomic mass is 9.76. The Morgan fingerprint density at radius 1 is 1.27 bits per heavy atom. The van der Waals surface area contributed by atoms with Crippen LogP contribution < -0.4 is 5.32 Å². The summed E-state index contributed by atoms with van der Waals surface area (Å²) in [5, 5.41) is 3.68. The molecule has 90 valence electrons. The molecule has 0 bridgehead atoms. The molecule has 1 heteroatoms. The normalized spacial score (nSPS) is 32.2. The largest absolute Gasteiger partial charge is 0.314 e. The summed E-state index contributed by atoms with van der Waals surface area (Å²) in [4.78, 5) is 0. The van der Waals surface area contributed by atoms with Gasteiger partial charge < -0.3 is 5.32 Å². The average molecular weight is 211 g/mol. The van der Waals surface area contributed by atoms with E-state index in [2.05, 4.69) is 33.0 Å². The molecule has 1 fully saturated rings. The van der Waals surface area contributed by atoms with Gasteiger partial charge in [0.15, 0.2) is 0 Å². The quantitative estimate of drug-likeness (QED) is 0.728. The summed E-state index contributed by atoms with van der Waals surface area (Å²) in [5.41, 5.74) is 0. The SMILES string of the molecule is CCNC1CCC(C)CC1CCC(C)C. The summed E-state index contributed by atoms with van der Waals surface area (Å²) in [6, 6.07) is 0.810. The summed E-state index contributed by atoms with van der Waals surface area (Å²) in [5.74, 6) is 2.76. The van der Waals surface area contributed by atoms with Crippen LogP contribution in [0.4, 0.5) is 0 Å². The molecular formula is C14H29N. The first-order valence-corrected chi connectivity index (χ1v) is 6.86. The molecule has 1 aliphatic carbocycles. The summed E-state index contributed by atoms with van der Waals surface area (Å²) >= 11 is 0. The minimum atomic E-state index is 0.810. The molecule has 0 aromatic heterocycles. The molecule has 1 rings (SSSR count). The van der Waals surface area contributed by atoms with E-state index in [1.165, 1.54) is 32.1 Å². The maximum absolute atomic E-state index is 3.68. The smallest absolute Gasteiger partial charge is 0.00954 e. The first-order valence-electron chi connectivity index (χ1n) is 6.86.